The number of hydrogen-bond acceptors (Lipinski definition) is 14. The third-order valence-corrected chi connectivity index (χ3v) is 12.8. The molecule has 0 radical (unpaired) electrons. The van der Waals surface area contributed by atoms with Crippen molar-refractivity contribution < 1.29 is 33.6 Å². The molecule has 1 atom stereocenters. The predicted octanol–water partition coefficient (Wildman–Crippen LogP) is 7.17. The van der Waals surface area contributed by atoms with Gasteiger partial charge in [0.15, 0.2) is 0 Å². The van der Waals surface area contributed by atoms with Crippen LogP contribution in [0.3, 0.4) is 0 Å². The molecule has 1 saturated heterocycles. The highest BCUT2D eigenvalue weighted by atomic mass is 32.2. The van der Waals surface area contributed by atoms with E-state index in [-0.39, 0.29) is 17.6 Å². The predicted molar refractivity (Wildman–Crippen MR) is 256 cm³/mol. The number of aromatic nitrogens is 5. The third kappa shape index (κ3) is 14.8. The Morgan fingerprint density at radius 1 is 0.727 bits per heavy atom. The average molecular weight is 919 g/mol. The van der Waals surface area contributed by atoms with E-state index in [0.29, 0.717) is 110 Å². The number of nitrogens with zero attached hydrogens (tertiary/aromatic N) is 7. The molecular formula is C50H62N8O7S. The number of benzene rings is 2. The van der Waals surface area contributed by atoms with Gasteiger partial charge in [-0.25, -0.2) is 9.78 Å². The molecule has 16 heteroatoms. The molecule has 2 N–H and O–H groups in total. The summed E-state index contributed by atoms with van der Waals surface area (Å²) < 4.78 is 24.6. The number of carbonyl (C=O) groups excluding carboxylic acids is 1. The number of nitrogens with one attached hydrogen (secondary N) is 1. The number of carbonyl (C=O) groups is 2. The van der Waals surface area contributed by atoms with E-state index >= 15 is 0 Å². The Kier molecular flexibility index (Phi) is 19.2. The molecule has 0 bridgehead atoms. The highest BCUT2D eigenvalue weighted by Crippen LogP contribution is 2.41. The summed E-state index contributed by atoms with van der Waals surface area (Å²) in [5.41, 5.74) is 8.36. The van der Waals surface area contributed by atoms with Crippen LogP contribution in [0, 0.1) is 0 Å². The molecule has 2 aliphatic rings. The Balaban J connectivity index is 0.884. The van der Waals surface area contributed by atoms with Crippen LogP contribution in [-0.4, -0.2) is 142 Å². The van der Waals surface area contributed by atoms with Crippen molar-refractivity contribution in [1.82, 2.24) is 35.2 Å². The van der Waals surface area contributed by atoms with Gasteiger partial charge in [-0.15, -0.1) is 0 Å². The van der Waals surface area contributed by atoms with Gasteiger partial charge in [-0.2, -0.15) is 27.2 Å². The first-order chi connectivity index (χ1) is 32.4. The number of anilines is 1. The lowest BCUT2D eigenvalue weighted by molar-refractivity contribution is -0.119. The molecule has 350 valence electrons. The molecule has 0 spiro atoms. The lowest BCUT2D eigenvalue weighted by Gasteiger charge is -2.31. The Morgan fingerprint density at radius 2 is 1.41 bits per heavy atom. The number of Topliss-reactive ketones (excluding diaryl/α,β-unsaturated/α-hetero) is 1. The monoisotopic (exact) mass is 918 g/mol. The van der Waals surface area contributed by atoms with Crippen molar-refractivity contribution in [3.05, 3.63) is 126 Å². The van der Waals surface area contributed by atoms with Crippen LogP contribution >= 0.6 is 11.8 Å². The maximum absolute atomic E-state index is 13.2. The molecule has 3 aromatic heterocycles. The molecule has 2 aliphatic heterocycles. The number of unbranched alkanes of at least 4 members (excludes halogenated alkanes) is 1. The van der Waals surface area contributed by atoms with Crippen LogP contribution in [0.15, 0.2) is 103 Å². The maximum Gasteiger partial charge on any atom is 0.354 e. The van der Waals surface area contributed by atoms with Crippen LogP contribution in [0.2, 0.25) is 0 Å². The number of carboxylic acid groups (broad SMARTS) is 1. The van der Waals surface area contributed by atoms with E-state index in [1.807, 2.05) is 66.5 Å². The Labute approximate surface area is 391 Å². The smallest absolute Gasteiger partial charge is 0.354 e. The fraction of sp³-hybridized carbons (Fsp3) is 0.440. The van der Waals surface area contributed by atoms with Gasteiger partial charge in [-0.05, 0) is 60.9 Å². The Morgan fingerprint density at radius 3 is 2.18 bits per heavy atom. The molecule has 0 unspecified atom stereocenters. The Hall–Kier alpha value is -5.33. The van der Waals surface area contributed by atoms with E-state index in [1.165, 1.54) is 6.07 Å². The van der Waals surface area contributed by atoms with Crippen LogP contribution in [0.5, 0.6) is 0 Å². The molecule has 0 aliphatic carbocycles. The number of ketones is 1. The standard InChI is InChI=1S/C50H62N8O7S/c1-38(58-33-39-11-2-3-15-44(39)48-49(54-55-53-48)45-16-4-5-18-47(45)58)19-20-42(59)14-7-9-32-66-37-43-36-64-28-24-56(35-41-13-10-17-46(52-41)50(60)61)22-26-62-30-31-63-27-23-57(25-29-65-43)34-40-12-6-8-21-51-40/h2-6,8,10-13,15-18,21,43H,1,7,9,14,19-20,22-37H2,(H,60,61)(H,53,54,55)/t43-/m0/s1. The summed E-state index contributed by atoms with van der Waals surface area (Å²) in [5, 5.41) is 21.3. The minimum Gasteiger partial charge on any atom is -0.477 e. The van der Waals surface area contributed by atoms with Crippen molar-refractivity contribution in [2.75, 3.05) is 88.8 Å². The molecule has 66 heavy (non-hydrogen) atoms. The van der Waals surface area contributed by atoms with E-state index in [1.54, 1.807) is 6.07 Å². The second-order valence-electron chi connectivity index (χ2n) is 16.4. The van der Waals surface area contributed by atoms with E-state index in [0.717, 1.165) is 76.0 Å². The van der Waals surface area contributed by atoms with E-state index in [9.17, 15) is 14.7 Å². The van der Waals surface area contributed by atoms with Crippen LogP contribution in [0.25, 0.3) is 22.5 Å². The molecule has 2 aromatic carbocycles. The summed E-state index contributed by atoms with van der Waals surface area (Å²) >= 11 is 1.83. The van der Waals surface area contributed by atoms with Gasteiger partial charge in [0.1, 0.15) is 22.9 Å². The van der Waals surface area contributed by atoms with Gasteiger partial charge in [-0.3, -0.25) is 19.6 Å². The van der Waals surface area contributed by atoms with Crippen molar-refractivity contribution in [1.29, 1.82) is 0 Å². The van der Waals surface area contributed by atoms with Crippen molar-refractivity contribution in [3.8, 4) is 22.5 Å². The number of rotatable bonds is 16. The Bertz CT molecular complexity index is 2300. The first-order valence-corrected chi connectivity index (χ1v) is 24.1. The number of aromatic carboxylic acids is 1. The number of ether oxygens (including phenoxy) is 4. The first-order valence-electron chi connectivity index (χ1n) is 22.9. The van der Waals surface area contributed by atoms with Crippen molar-refractivity contribution >= 4 is 29.2 Å². The van der Waals surface area contributed by atoms with Crippen LogP contribution in [-0.2, 0) is 43.4 Å². The number of H-pyrrole nitrogens is 1. The lowest BCUT2D eigenvalue weighted by atomic mass is 9.95. The number of carboxylic acids is 1. The maximum atomic E-state index is 13.2. The number of hydrogen-bond donors (Lipinski definition) is 2. The topological polar surface area (TPSA) is 168 Å². The lowest BCUT2D eigenvalue weighted by Crippen LogP contribution is -2.35. The minimum atomic E-state index is -1.05. The third-order valence-electron chi connectivity index (χ3n) is 11.6. The summed E-state index contributed by atoms with van der Waals surface area (Å²) in [6.07, 6.45) is 4.98. The van der Waals surface area contributed by atoms with E-state index in [4.69, 9.17) is 18.9 Å². The fourth-order valence-corrected chi connectivity index (χ4v) is 9.04. The summed E-state index contributed by atoms with van der Waals surface area (Å²) in [6.45, 7) is 12.4. The van der Waals surface area contributed by atoms with Gasteiger partial charge in [0.05, 0.1) is 69.4 Å². The summed E-state index contributed by atoms with van der Waals surface area (Å²) in [7, 11) is 0. The van der Waals surface area contributed by atoms with Gasteiger partial charge >= 0.3 is 5.97 Å². The molecule has 0 saturated carbocycles. The molecule has 15 nitrogen and oxygen atoms in total. The molecular weight excluding hydrogens is 857 g/mol. The van der Waals surface area contributed by atoms with Gasteiger partial charge in [-0.1, -0.05) is 61.2 Å². The zero-order valence-electron chi connectivity index (χ0n) is 37.7. The largest absolute Gasteiger partial charge is 0.477 e. The molecule has 5 aromatic rings. The summed E-state index contributed by atoms with van der Waals surface area (Å²) in [6, 6.07) is 27.4. The second kappa shape index (κ2) is 26.1. The fourth-order valence-electron chi connectivity index (χ4n) is 8.01. The summed E-state index contributed by atoms with van der Waals surface area (Å²) in [5.74, 6) is 0.863. The first kappa shape index (κ1) is 48.6. The number of aromatic amines is 1. The zero-order valence-corrected chi connectivity index (χ0v) is 38.5. The van der Waals surface area contributed by atoms with Crippen molar-refractivity contribution in [2.24, 2.45) is 0 Å². The van der Waals surface area contributed by atoms with Crippen molar-refractivity contribution in [2.45, 2.75) is 57.8 Å². The highest BCUT2D eigenvalue weighted by molar-refractivity contribution is 7.99. The van der Waals surface area contributed by atoms with Crippen LogP contribution in [0.4, 0.5) is 5.69 Å². The molecule has 5 heterocycles. The number of para-hydroxylation sites is 1. The average Bonchev–Trinajstić information content (AvgIpc) is 3.82. The van der Waals surface area contributed by atoms with Gasteiger partial charge in [0.25, 0.3) is 0 Å². The normalized spacial score (nSPS) is 17.3. The molecule has 7 rings (SSSR count). The van der Waals surface area contributed by atoms with Gasteiger partial charge in [0, 0.05) is 87.4 Å². The van der Waals surface area contributed by atoms with E-state index in [2.05, 4.69) is 70.9 Å². The number of pyridine rings is 2. The SMILES string of the molecule is C=C(CCC(=O)CCCCSC[C@@H]1COCCN(Cc2cccc(C(=O)O)n2)CCOCCOCCN(Cc2ccccn2)CCO1)N1Cc2ccccc2-c2n[nH]nc2-c2ccccc21. The van der Waals surface area contributed by atoms with Gasteiger partial charge < -0.3 is 29.0 Å². The quantitative estimate of drug-likeness (QED) is 0.0956. The van der Waals surface area contributed by atoms with Crippen LogP contribution < -0.4 is 4.90 Å². The number of fused-ring (bicyclic) bond motifs is 5. The molecule has 1 fully saturated rings. The van der Waals surface area contributed by atoms with Gasteiger partial charge in [0.2, 0.25) is 0 Å². The van der Waals surface area contributed by atoms with Crippen molar-refractivity contribution in [3.63, 3.8) is 0 Å². The summed E-state index contributed by atoms with van der Waals surface area (Å²) in [4.78, 5) is 40.4. The van der Waals surface area contributed by atoms with E-state index < -0.39 is 5.97 Å². The highest BCUT2D eigenvalue weighted by Gasteiger charge is 2.26. The number of allylic oxidation sites excluding steroid dienone is 1. The zero-order chi connectivity index (χ0) is 45.8. The van der Waals surface area contributed by atoms with Crippen LogP contribution in [0.1, 0.15) is 59.5 Å². The second-order valence-corrected chi connectivity index (χ2v) is 17.6. The molecule has 0 amide bonds. The minimum absolute atomic E-state index is 0.0220. The number of thioether (sulfide) groups is 1.